The maximum Gasteiger partial charge on any atom is 0.417 e. The number of hydrogen-bond donors (Lipinski definition) is 1. The molecule has 6 heterocycles. The molecule has 5 aromatic rings. The average molecular weight is 498 g/mol. The Morgan fingerprint density at radius 1 is 1.17 bits per heavy atom. The van der Waals surface area contributed by atoms with Crippen LogP contribution in [-0.2, 0) is 12.6 Å². The highest BCUT2D eigenvalue weighted by Crippen LogP contribution is 2.35. The van der Waals surface area contributed by atoms with Gasteiger partial charge >= 0.3 is 18.0 Å². The van der Waals surface area contributed by atoms with Crippen LogP contribution in [-0.4, -0.2) is 52.1 Å². The maximum atomic E-state index is 14.3. The van der Waals surface area contributed by atoms with Gasteiger partial charge < -0.3 is 14.3 Å². The Labute approximate surface area is 198 Å². The summed E-state index contributed by atoms with van der Waals surface area (Å²) in [6, 6.07) is 5.49. The highest BCUT2D eigenvalue weighted by Gasteiger charge is 2.38. The maximum absolute atomic E-state index is 14.3. The second-order valence-electron chi connectivity index (χ2n) is 8.01. The van der Waals surface area contributed by atoms with Gasteiger partial charge in [0.05, 0.1) is 23.3 Å². The highest BCUT2D eigenvalue weighted by molar-refractivity contribution is 5.90. The van der Waals surface area contributed by atoms with Crippen LogP contribution in [0.1, 0.15) is 39.4 Å². The molecule has 5 aromatic heterocycles. The van der Waals surface area contributed by atoms with E-state index in [1.807, 2.05) is 0 Å². The van der Waals surface area contributed by atoms with Crippen molar-refractivity contribution in [3.05, 3.63) is 83.4 Å². The summed E-state index contributed by atoms with van der Waals surface area (Å²) in [5, 5.41) is 12.0. The van der Waals surface area contributed by atoms with E-state index in [4.69, 9.17) is 4.42 Å². The number of pyridine rings is 2. The van der Waals surface area contributed by atoms with Gasteiger partial charge in [-0.05, 0) is 30.3 Å². The van der Waals surface area contributed by atoms with Crippen molar-refractivity contribution in [2.24, 2.45) is 0 Å². The van der Waals surface area contributed by atoms with Crippen LogP contribution < -0.4 is 0 Å². The number of carbonyl (C=O) groups excluding carboxylic acids is 1. The highest BCUT2D eigenvalue weighted by atomic mass is 19.4. The van der Waals surface area contributed by atoms with Gasteiger partial charge in [0.25, 0.3) is 5.89 Å². The molecule has 10 nitrogen and oxygen atoms in total. The van der Waals surface area contributed by atoms with Crippen molar-refractivity contribution in [1.29, 1.82) is 0 Å². The summed E-state index contributed by atoms with van der Waals surface area (Å²) in [4.78, 5) is 26.0. The largest absolute Gasteiger partial charge is 0.417 e. The monoisotopic (exact) mass is 498 g/mol. The van der Waals surface area contributed by atoms with Gasteiger partial charge in [-0.2, -0.15) is 18.3 Å². The number of aromatic nitrogens is 7. The summed E-state index contributed by atoms with van der Waals surface area (Å²) in [5.41, 5.74) is 1.01. The molecule has 0 aromatic carbocycles. The van der Waals surface area contributed by atoms with Crippen molar-refractivity contribution in [3.63, 3.8) is 0 Å². The van der Waals surface area contributed by atoms with E-state index >= 15 is 0 Å². The summed E-state index contributed by atoms with van der Waals surface area (Å²) in [7, 11) is 0. The van der Waals surface area contributed by atoms with Crippen LogP contribution in [0.25, 0.3) is 17.1 Å². The molecule has 0 saturated heterocycles. The van der Waals surface area contributed by atoms with Crippen LogP contribution in [0.4, 0.5) is 17.6 Å². The number of nitrogens with zero attached hydrogens (tertiary/aromatic N) is 7. The number of aromatic amines is 1. The van der Waals surface area contributed by atoms with Gasteiger partial charge in [-0.25, -0.2) is 13.9 Å². The van der Waals surface area contributed by atoms with E-state index in [0.717, 1.165) is 17.8 Å². The van der Waals surface area contributed by atoms with E-state index in [1.54, 1.807) is 6.20 Å². The fraction of sp³-hybridized carbons (Fsp3) is 0.182. The van der Waals surface area contributed by atoms with Crippen LogP contribution in [0.3, 0.4) is 0 Å². The minimum atomic E-state index is -4.54. The molecular weight excluding hydrogens is 484 g/mol. The molecular formula is C22H14F4N8O2. The molecule has 6 rings (SSSR count). The Morgan fingerprint density at radius 2 is 2.03 bits per heavy atom. The number of imidazole rings is 1. The molecule has 1 aliphatic rings. The molecule has 182 valence electrons. The molecule has 0 spiro atoms. The molecule has 0 saturated carbocycles. The van der Waals surface area contributed by atoms with Crippen molar-refractivity contribution in [2.75, 3.05) is 6.54 Å². The molecule has 0 bridgehead atoms. The lowest BCUT2D eigenvalue weighted by Gasteiger charge is -2.32. The first kappa shape index (κ1) is 21.9. The first-order valence-electron chi connectivity index (χ1n) is 10.6. The Kier molecular flexibility index (Phi) is 4.84. The molecule has 36 heavy (non-hydrogen) atoms. The van der Waals surface area contributed by atoms with Crippen LogP contribution >= 0.6 is 0 Å². The molecule has 0 unspecified atom stereocenters. The third-order valence-corrected chi connectivity index (χ3v) is 5.85. The van der Waals surface area contributed by atoms with Crippen LogP contribution in [0.15, 0.2) is 53.5 Å². The second-order valence-corrected chi connectivity index (χ2v) is 8.01. The van der Waals surface area contributed by atoms with E-state index in [-0.39, 0.29) is 29.5 Å². The number of amides is 1. The van der Waals surface area contributed by atoms with Crippen LogP contribution in [0.2, 0.25) is 0 Å². The lowest BCUT2D eigenvalue weighted by Crippen LogP contribution is -2.41. The predicted octanol–water partition coefficient (Wildman–Crippen LogP) is 3.45. The molecule has 1 atom stereocenters. The Bertz CT molecular complexity index is 1590. The second kappa shape index (κ2) is 7.96. The third-order valence-electron chi connectivity index (χ3n) is 5.85. The minimum Gasteiger partial charge on any atom is -0.411 e. The summed E-state index contributed by atoms with van der Waals surface area (Å²) in [5.74, 6) is -1.71. The number of nitrogens with one attached hydrogen (secondary N) is 1. The normalized spacial score (nSPS) is 15.9. The number of H-pyrrole nitrogens is 1. The standard InChI is InChI=1S/C22H14F4N8O2/c23-12-2-1-6-34-16(12)8-15(32-34)18-17-13(28-10-29-17)5-7-33(18)21(35)20-31-30-19(36-20)14-4-3-11(9-27-14)22(24,25)26/h1-4,6,8-10,18H,5,7H2,(H,28,29)/t18-/m1/s1. The van der Waals surface area contributed by atoms with E-state index in [1.165, 1.54) is 33.9 Å². The first-order valence-corrected chi connectivity index (χ1v) is 10.6. The van der Waals surface area contributed by atoms with E-state index in [9.17, 15) is 22.4 Å². The summed E-state index contributed by atoms with van der Waals surface area (Å²) < 4.78 is 59.6. The van der Waals surface area contributed by atoms with Crippen molar-refractivity contribution in [2.45, 2.75) is 18.6 Å². The van der Waals surface area contributed by atoms with Crippen molar-refractivity contribution in [3.8, 4) is 11.6 Å². The van der Waals surface area contributed by atoms with Crippen molar-refractivity contribution >= 4 is 11.4 Å². The summed E-state index contributed by atoms with van der Waals surface area (Å²) >= 11 is 0. The van der Waals surface area contributed by atoms with Gasteiger partial charge in [0.2, 0.25) is 0 Å². The molecule has 1 amide bonds. The average Bonchev–Trinajstić information content (AvgIpc) is 3.62. The number of halogens is 4. The number of hydrogen-bond acceptors (Lipinski definition) is 7. The van der Waals surface area contributed by atoms with Crippen molar-refractivity contribution < 1.29 is 26.8 Å². The SMILES string of the molecule is O=C(c1nnc(-c2ccc(C(F)(F)F)cn2)o1)N1CCc2[nH]cnc2[C@H]1c1cc2c(F)cccn2n1. The Balaban J connectivity index is 1.35. The topological polar surface area (TPSA) is 118 Å². The third kappa shape index (κ3) is 3.57. The van der Waals surface area contributed by atoms with Gasteiger partial charge in [-0.15, -0.1) is 10.2 Å². The zero-order valence-electron chi connectivity index (χ0n) is 18.1. The number of rotatable bonds is 3. The van der Waals surface area contributed by atoms with Gasteiger partial charge in [0, 0.05) is 31.1 Å². The molecule has 14 heteroatoms. The van der Waals surface area contributed by atoms with E-state index < -0.39 is 29.5 Å². The quantitative estimate of drug-likeness (QED) is 0.379. The minimum absolute atomic E-state index is 0.0184. The van der Waals surface area contributed by atoms with Gasteiger partial charge in [-0.3, -0.25) is 9.78 Å². The van der Waals surface area contributed by atoms with Crippen LogP contribution in [0.5, 0.6) is 0 Å². The van der Waals surface area contributed by atoms with Gasteiger partial charge in [0.15, 0.2) is 0 Å². The fourth-order valence-corrected chi connectivity index (χ4v) is 4.15. The predicted molar refractivity (Wildman–Crippen MR) is 113 cm³/mol. The molecule has 1 N–H and O–H groups in total. The smallest absolute Gasteiger partial charge is 0.411 e. The zero-order chi connectivity index (χ0) is 25.0. The molecule has 0 fully saturated rings. The number of alkyl halides is 3. The van der Waals surface area contributed by atoms with Gasteiger partial charge in [-0.1, -0.05) is 0 Å². The van der Waals surface area contributed by atoms with Crippen LogP contribution in [0, 0.1) is 5.82 Å². The Morgan fingerprint density at radius 3 is 2.78 bits per heavy atom. The lowest BCUT2D eigenvalue weighted by molar-refractivity contribution is -0.137. The fourth-order valence-electron chi connectivity index (χ4n) is 4.15. The van der Waals surface area contributed by atoms with E-state index in [2.05, 4.69) is 30.2 Å². The molecule has 0 radical (unpaired) electrons. The lowest BCUT2D eigenvalue weighted by atomic mass is 9.99. The molecule has 0 aliphatic carbocycles. The zero-order valence-corrected chi connectivity index (χ0v) is 18.1. The number of fused-ring (bicyclic) bond motifs is 2. The Hall–Kier alpha value is -4.62. The summed E-state index contributed by atoms with van der Waals surface area (Å²) in [6.07, 6.45) is -0.354. The first-order chi connectivity index (χ1) is 17.3. The van der Waals surface area contributed by atoms with E-state index in [0.29, 0.717) is 24.0 Å². The summed E-state index contributed by atoms with van der Waals surface area (Å²) in [6.45, 7) is 0.241. The number of carbonyl (C=O) groups is 1. The molecule has 1 aliphatic heterocycles. The van der Waals surface area contributed by atoms with Gasteiger partial charge in [0.1, 0.15) is 23.1 Å². The van der Waals surface area contributed by atoms with Crippen molar-refractivity contribution in [1.82, 2.24) is 39.7 Å².